The highest BCUT2D eigenvalue weighted by Gasteiger charge is 2.33. The summed E-state index contributed by atoms with van der Waals surface area (Å²) < 4.78 is 7.70. The van der Waals surface area contributed by atoms with E-state index in [9.17, 15) is 4.79 Å². The molecule has 4 heterocycles. The fourth-order valence-corrected chi connectivity index (χ4v) is 4.23. The van der Waals surface area contributed by atoms with Crippen LogP contribution in [0.1, 0.15) is 53.9 Å². The number of para-hydroxylation sites is 1. The van der Waals surface area contributed by atoms with Crippen molar-refractivity contribution in [3.8, 4) is 0 Å². The number of carbonyl (C=O) groups is 1. The Kier molecular flexibility index (Phi) is 3.93. The van der Waals surface area contributed by atoms with Gasteiger partial charge in [-0.3, -0.25) is 9.89 Å². The SMILES string of the molecule is C[C@H]1CN(C(=O)c2n[nH]c3ccccc23)Cc2nnc(C3CCOCC3)n21. The molecule has 1 amide bonds. The zero-order chi connectivity index (χ0) is 18.4. The lowest BCUT2D eigenvalue weighted by atomic mass is 9.99. The second-order valence-corrected chi connectivity index (χ2v) is 7.38. The molecule has 0 spiro atoms. The van der Waals surface area contributed by atoms with Crippen molar-refractivity contribution in [1.82, 2.24) is 29.9 Å². The van der Waals surface area contributed by atoms with Gasteiger partial charge in [0.1, 0.15) is 5.82 Å². The predicted molar refractivity (Wildman–Crippen MR) is 98.4 cm³/mol. The fourth-order valence-electron chi connectivity index (χ4n) is 4.23. The maximum Gasteiger partial charge on any atom is 0.275 e. The molecule has 8 nitrogen and oxygen atoms in total. The van der Waals surface area contributed by atoms with Gasteiger partial charge in [-0.05, 0) is 25.8 Å². The molecule has 0 aliphatic carbocycles. The van der Waals surface area contributed by atoms with Crippen molar-refractivity contribution >= 4 is 16.8 Å². The summed E-state index contributed by atoms with van der Waals surface area (Å²) in [5.41, 5.74) is 1.34. The van der Waals surface area contributed by atoms with Crippen LogP contribution < -0.4 is 0 Å². The van der Waals surface area contributed by atoms with Crippen molar-refractivity contribution in [2.75, 3.05) is 19.8 Å². The van der Waals surface area contributed by atoms with Crippen molar-refractivity contribution in [2.24, 2.45) is 0 Å². The molecule has 27 heavy (non-hydrogen) atoms. The largest absolute Gasteiger partial charge is 0.381 e. The third-order valence-corrected chi connectivity index (χ3v) is 5.60. The summed E-state index contributed by atoms with van der Waals surface area (Å²) in [5, 5.41) is 16.9. The van der Waals surface area contributed by atoms with Crippen molar-refractivity contribution in [1.29, 1.82) is 0 Å². The number of rotatable bonds is 2. The fraction of sp³-hybridized carbons (Fsp3) is 0.474. The highest BCUT2D eigenvalue weighted by atomic mass is 16.5. The van der Waals surface area contributed by atoms with Crippen molar-refractivity contribution < 1.29 is 9.53 Å². The summed E-state index contributed by atoms with van der Waals surface area (Å²) in [6, 6.07) is 7.83. The molecular weight excluding hydrogens is 344 g/mol. The molecule has 140 valence electrons. The zero-order valence-corrected chi connectivity index (χ0v) is 15.3. The number of benzene rings is 1. The number of H-pyrrole nitrogens is 1. The predicted octanol–water partition coefficient (Wildman–Crippen LogP) is 2.27. The Hall–Kier alpha value is -2.74. The maximum atomic E-state index is 13.1. The van der Waals surface area contributed by atoms with E-state index in [-0.39, 0.29) is 11.9 Å². The number of hydrogen-bond donors (Lipinski definition) is 1. The summed E-state index contributed by atoms with van der Waals surface area (Å²) in [5.74, 6) is 2.21. The Bertz CT molecular complexity index is 987. The van der Waals surface area contributed by atoms with Gasteiger partial charge in [-0.1, -0.05) is 18.2 Å². The highest BCUT2D eigenvalue weighted by molar-refractivity contribution is 6.04. The van der Waals surface area contributed by atoms with Gasteiger partial charge in [0.25, 0.3) is 5.91 Å². The lowest BCUT2D eigenvalue weighted by Gasteiger charge is -2.33. The molecule has 1 fully saturated rings. The van der Waals surface area contributed by atoms with Gasteiger partial charge in [0.2, 0.25) is 0 Å². The van der Waals surface area contributed by atoms with Gasteiger partial charge in [-0.25, -0.2) is 0 Å². The average Bonchev–Trinajstić information content (AvgIpc) is 3.33. The van der Waals surface area contributed by atoms with Gasteiger partial charge >= 0.3 is 0 Å². The molecule has 5 rings (SSSR count). The highest BCUT2D eigenvalue weighted by Crippen LogP contribution is 2.31. The molecule has 1 saturated heterocycles. The summed E-state index contributed by atoms with van der Waals surface area (Å²) >= 11 is 0. The van der Waals surface area contributed by atoms with Gasteiger partial charge in [-0.15, -0.1) is 10.2 Å². The second kappa shape index (κ2) is 6.45. The Morgan fingerprint density at radius 3 is 2.89 bits per heavy atom. The number of aromatic amines is 1. The van der Waals surface area contributed by atoms with Gasteiger partial charge in [0.05, 0.1) is 18.1 Å². The summed E-state index contributed by atoms with van der Waals surface area (Å²) in [6.07, 6.45) is 1.96. The van der Waals surface area contributed by atoms with E-state index in [1.54, 1.807) is 0 Å². The molecule has 8 heteroatoms. The second-order valence-electron chi connectivity index (χ2n) is 7.38. The van der Waals surface area contributed by atoms with Gasteiger partial charge in [-0.2, -0.15) is 5.10 Å². The number of ether oxygens (including phenoxy) is 1. The molecule has 2 aliphatic heterocycles. The van der Waals surface area contributed by atoms with E-state index in [2.05, 4.69) is 31.9 Å². The smallest absolute Gasteiger partial charge is 0.275 e. The van der Waals surface area contributed by atoms with Crippen molar-refractivity contribution in [2.45, 2.75) is 38.3 Å². The summed E-state index contributed by atoms with van der Waals surface area (Å²) in [7, 11) is 0. The van der Waals surface area contributed by atoms with Crippen LogP contribution in [0.5, 0.6) is 0 Å². The van der Waals surface area contributed by atoms with E-state index in [0.717, 1.165) is 48.6 Å². The summed E-state index contributed by atoms with van der Waals surface area (Å²) in [4.78, 5) is 14.9. The van der Waals surface area contributed by atoms with E-state index in [4.69, 9.17) is 4.74 Å². The van der Waals surface area contributed by atoms with Crippen LogP contribution in [0, 0.1) is 0 Å². The molecule has 0 unspecified atom stereocenters. The van der Waals surface area contributed by atoms with Crippen LogP contribution in [-0.4, -0.2) is 55.5 Å². The quantitative estimate of drug-likeness (QED) is 0.751. The molecule has 0 saturated carbocycles. The molecule has 1 aromatic carbocycles. The van der Waals surface area contributed by atoms with Crippen LogP contribution >= 0.6 is 0 Å². The Labute approximate surface area is 156 Å². The van der Waals surface area contributed by atoms with Crippen molar-refractivity contribution in [3.63, 3.8) is 0 Å². The molecule has 1 N–H and O–H groups in total. The monoisotopic (exact) mass is 366 g/mol. The Morgan fingerprint density at radius 1 is 1.22 bits per heavy atom. The third kappa shape index (κ3) is 2.71. The first kappa shape index (κ1) is 16.4. The number of amides is 1. The third-order valence-electron chi connectivity index (χ3n) is 5.60. The van der Waals surface area contributed by atoms with Crippen LogP contribution in [0.3, 0.4) is 0 Å². The van der Waals surface area contributed by atoms with Crippen LogP contribution in [-0.2, 0) is 11.3 Å². The molecule has 2 aromatic heterocycles. The lowest BCUT2D eigenvalue weighted by molar-refractivity contribution is 0.0665. The Balaban J connectivity index is 1.43. The first-order chi connectivity index (χ1) is 13.2. The number of hydrogen-bond acceptors (Lipinski definition) is 5. The number of fused-ring (bicyclic) bond motifs is 2. The molecule has 2 aliphatic rings. The van der Waals surface area contributed by atoms with E-state index in [1.165, 1.54) is 0 Å². The average molecular weight is 366 g/mol. The first-order valence-corrected chi connectivity index (χ1v) is 9.46. The molecule has 3 aromatic rings. The maximum absolute atomic E-state index is 13.1. The normalized spacial score (nSPS) is 20.8. The number of carbonyl (C=O) groups excluding carboxylic acids is 1. The van der Waals surface area contributed by atoms with Crippen LogP contribution in [0.15, 0.2) is 24.3 Å². The van der Waals surface area contributed by atoms with E-state index in [0.29, 0.717) is 24.7 Å². The van der Waals surface area contributed by atoms with Crippen molar-refractivity contribution in [3.05, 3.63) is 41.6 Å². The Morgan fingerprint density at radius 2 is 2.04 bits per heavy atom. The minimum Gasteiger partial charge on any atom is -0.381 e. The summed E-state index contributed by atoms with van der Waals surface area (Å²) in [6.45, 7) is 4.76. The molecular formula is C19H22N6O2. The molecule has 0 bridgehead atoms. The van der Waals surface area contributed by atoms with Crippen LogP contribution in [0.25, 0.3) is 10.9 Å². The van der Waals surface area contributed by atoms with Gasteiger partial charge in [0.15, 0.2) is 11.5 Å². The standard InChI is InChI=1S/C19H22N6O2/c1-12-10-24(19(26)17-14-4-2-3-5-15(14)20-22-17)11-16-21-23-18(25(12)16)13-6-8-27-9-7-13/h2-5,12-13H,6-11H2,1H3,(H,20,22)/t12-/m0/s1. The molecule has 1 atom stereocenters. The lowest BCUT2D eigenvalue weighted by Crippen LogP contribution is -2.41. The zero-order valence-electron chi connectivity index (χ0n) is 15.3. The number of nitrogens with one attached hydrogen (secondary N) is 1. The van der Waals surface area contributed by atoms with E-state index < -0.39 is 0 Å². The topological polar surface area (TPSA) is 88.9 Å². The minimum atomic E-state index is -0.0684. The minimum absolute atomic E-state index is 0.0684. The van der Waals surface area contributed by atoms with Gasteiger partial charge < -0.3 is 14.2 Å². The number of nitrogens with zero attached hydrogens (tertiary/aromatic N) is 5. The van der Waals surface area contributed by atoms with Crippen LogP contribution in [0.2, 0.25) is 0 Å². The van der Waals surface area contributed by atoms with Crippen LogP contribution in [0.4, 0.5) is 0 Å². The first-order valence-electron chi connectivity index (χ1n) is 9.46. The van der Waals surface area contributed by atoms with E-state index >= 15 is 0 Å². The molecule has 0 radical (unpaired) electrons. The van der Waals surface area contributed by atoms with E-state index in [1.807, 2.05) is 29.2 Å². The van der Waals surface area contributed by atoms with Gasteiger partial charge in [0, 0.05) is 31.1 Å². The number of aromatic nitrogens is 5.